The zero-order valence-corrected chi connectivity index (χ0v) is 12.2. The van der Waals surface area contributed by atoms with E-state index in [1.807, 2.05) is 0 Å². The third-order valence-corrected chi connectivity index (χ3v) is 4.23. The number of para-hydroxylation sites is 1. The lowest BCUT2D eigenvalue weighted by atomic mass is 9.85. The van der Waals surface area contributed by atoms with Crippen LogP contribution >= 0.6 is 0 Å². The molecule has 0 spiro atoms. The summed E-state index contributed by atoms with van der Waals surface area (Å²) in [5.41, 5.74) is -1.27. The SMILES string of the molecule is FC(F)(F)C(F)(F)C(F)(F)c1c2c(nc3ccccc13)CCCC2. The maximum atomic E-state index is 14.4. The molecule has 0 unspecified atom stereocenters. The minimum absolute atomic E-state index is 0.00598. The number of pyridine rings is 1. The van der Waals surface area contributed by atoms with Crippen molar-refractivity contribution in [3.05, 3.63) is 41.1 Å². The first kappa shape index (κ1) is 17.0. The highest BCUT2D eigenvalue weighted by Gasteiger charge is 2.74. The molecule has 0 bridgehead atoms. The summed E-state index contributed by atoms with van der Waals surface area (Å²) in [6, 6.07) is 5.21. The summed E-state index contributed by atoms with van der Waals surface area (Å²) in [5, 5.41) is -0.368. The molecule has 1 heterocycles. The second-order valence-corrected chi connectivity index (χ2v) is 5.78. The monoisotopic (exact) mass is 351 g/mol. The number of fused-ring (bicyclic) bond motifs is 2. The summed E-state index contributed by atoms with van der Waals surface area (Å²) in [5.74, 6) is -11.6. The number of hydrogen-bond acceptors (Lipinski definition) is 1. The number of alkyl halides is 7. The first-order chi connectivity index (χ1) is 11.1. The molecular weight excluding hydrogens is 339 g/mol. The van der Waals surface area contributed by atoms with Crippen LogP contribution in [-0.4, -0.2) is 17.1 Å². The van der Waals surface area contributed by atoms with Crippen LogP contribution in [0.5, 0.6) is 0 Å². The van der Waals surface area contributed by atoms with Crippen LogP contribution in [0.25, 0.3) is 10.9 Å². The molecule has 130 valence electrons. The Kier molecular flexibility index (Phi) is 3.77. The van der Waals surface area contributed by atoms with Crippen LogP contribution in [-0.2, 0) is 18.8 Å². The lowest BCUT2D eigenvalue weighted by Crippen LogP contribution is -2.50. The molecule has 0 saturated carbocycles. The van der Waals surface area contributed by atoms with Gasteiger partial charge in [-0.3, -0.25) is 4.98 Å². The zero-order valence-electron chi connectivity index (χ0n) is 12.2. The number of aromatic nitrogens is 1. The molecule has 1 aliphatic rings. The number of hydrogen-bond donors (Lipinski definition) is 0. The summed E-state index contributed by atoms with van der Waals surface area (Å²) in [6.45, 7) is 0. The highest BCUT2D eigenvalue weighted by Crippen LogP contribution is 2.54. The lowest BCUT2D eigenvalue weighted by molar-refractivity contribution is -0.359. The van der Waals surface area contributed by atoms with Gasteiger partial charge >= 0.3 is 18.0 Å². The molecule has 0 atom stereocenters. The second-order valence-electron chi connectivity index (χ2n) is 5.78. The molecule has 2 aromatic rings. The van der Waals surface area contributed by atoms with E-state index < -0.39 is 23.6 Å². The van der Waals surface area contributed by atoms with Gasteiger partial charge in [-0.15, -0.1) is 0 Å². The average Bonchev–Trinajstić information content (AvgIpc) is 2.51. The maximum Gasteiger partial charge on any atom is 0.460 e. The third-order valence-electron chi connectivity index (χ3n) is 4.23. The van der Waals surface area contributed by atoms with Crippen molar-refractivity contribution in [1.29, 1.82) is 0 Å². The van der Waals surface area contributed by atoms with E-state index in [4.69, 9.17) is 0 Å². The Morgan fingerprint density at radius 3 is 2.12 bits per heavy atom. The van der Waals surface area contributed by atoms with E-state index in [1.54, 1.807) is 0 Å². The smallest absolute Gasteiger partial charge is 0.253 e. The Morgan fingerprint density at radius 2 is 1.46 bits per heavy atom. The number of rotatable bonds is 2. The molecular formula is C16H12F7N. The molecule has 0 amide bonds. The first-order valence-corrected chi connectivity index (χ1v) is 7.30. The van der Waals surface area contributed by atoms with E-state index >= 15 is 0 Å². The van der Waals surface area contributed by atoms with Crippen molar-refractivity contribution in [2.24, 2.45) is 0 Å². The molecule has 1 aromatic heterocycles. The number of aryl methyl sites for hydroxylation is 1. The second kappa shape index (κ2) is 5.32. The van der Waals surface area contributed by atoms with Gasteiger partial charge in [0.1, 0.15) is 0 Å². The lowest BCUT2D eigenvalue weighted by Gasteiger charge is -2.32. The predicted octanol–water partition coefficient (Wildman–Crippen LogP) is 5.40. The van der Waals surface area contributed by atoms with Crippen molar-refractivity contribution in [3.8, 4) is 0 Å². The Labute approximate surface area is 132 Å². The summed E-state index contributed by atoms with van der Waals surface area (Å²) >= 11 is 0. The number of nitrogens with zero attached hydrogens (tertiary/aromatic N) is 1. The van der Waals surface area contributed by atoms with E-state index in [9.17, 15) is 30.7 Å². The van der Waals surface area contributed by atoms with E-state index in [0.29, 0.717) is 12.8 Å². The van der Waals surface area contributed by atoms with E-state index in [2.05, 4.69) is 4.98 Å². The molecule has 0 N–H and O–H groups in total. The third kappa shape index (κ3) is 2.34. The quantitative estimate of drug-likeness (QED) is 0.660. The standard InChI is InChI=1S/C16H12F7N/c17-14(18,15(19,20)16(21,22)23)13-9-5-1-3-7-11(9)24-12-8-4-2-6-10(12)13/h1,3,5,7H,2,4,6,8H2. The van der Waals surface area contributed by atoms with Gasteiger partial charge in [0.25, 0.3) is 0 Å². The van der Waals surface area contributed by atoms with Gasteiger partial charge in [-0.2, -0.15) is 30.7 Å². The molecule has 3 rings (SSSR count). The average molecular weight is 351 g/mol. The predicted molar refractivity (Wildman–Crippen MR) is 73.3 cm³/mol. The van der Waals surface area contributed by atoms with Crippen LogP contribution in [0.2, 0.25) is 0 Å². The van der Waals surface area contributed by atoms with Crippen LogP contribution in [0, 0.1) is 0 Å². The van der Waals surface area contributed by atoms with Crippen molar-refractivity contribution in [2.45, 2.75) is 43.7 Å². The van der Waals surface area contributed by atoms with Crippen LogP contribution in [0.4, 0.5) is 30.7 Å². The highest BCUT2D eigenvalue weighted by atomic mass is 19.4. The number of benzene rings is 1. The molecule has 1 nitrogen and oxygen atoms in total. The van der Waals surface area contributed by atoms with Crippen LogP contribution in [0.1, 0.15) is 29.7 Å². The Balaban J connectivity index is 2.36. The Bertz CT molecular complexity index is 780. The minimum Gasteiger partial charge on any atom is -0.253 e. The number of halogens is 7. The van der Waals surface area contributed by atoms with Crippen molar-refractivity contribution in [1.82, 2.24) is 4.98 Å². The van der Waals surface area contributed by atoms with Gasteiger partial charge in [-0.25, -0.2) is 0 Å². The fourth-order valence-electron chi connectivity index (χ4n) is 3.07. The molecule has 0 radical (unpaired) electrons. The molecule has 0 aliphatic heterocycles. The van der Waals surface area contributed by atoms with Crippen molar-refractivity contribution in [2.75, 3.05) is 0 Å². The molecule has 1 aromatic carbocycles. The normalized spacial score (nSPS) is 16.3. The van der Waals surface area contributed by atoms with Gasteiger partial charge in [-0.05, 0) is 37.3 Å². The van der Waals surface area contributed by atoms with E-state index in [0.717, 1.165) is 6.07 Å². The van der Waals surface area contributed by atoms with Gasteiger partial charge in [0, 0.05) is 16.6 Å². The van der Waals surface area contributed by atoms with Gasteiger partial charge < -0.3 is 0 Å². The fraction of sp³-hybridized carbons (Fsp3) is 0.438. The summed E-state index contributed by atoms with van der Waals surface area (Å²) < 4.78 is 93.9. The van der Waals surface area contributed by atoms with Crippen molar-refractivity contribution < 1.29 is 30.7 Å². The summed E-state index contributed by atoms with van der Waals surface area (Å²) in [6.07, 6.45) is -5.01. The molecule has 0 fully saturated rings. The topological polar surface area (TPSA) is 12.9 Å². The molecule has 0 saturated heterocycles. The highest BCUT2D eigenvalue weighted by molar-refractivity contribution is 5.84. The van der Waals surface area contributed by atoms with Gasteiger partial charge in [0.05, 0.1) is 5.52 Å². The first-order valence-electron chi connectivity index (χ1n) is 7.30. The maximum absolute atomic E-state index is 14.4. The van der Waals surface area contributed by atoms with Crippen LogP contribution in [0.3, 0.4) is 0 Å². The largest absolute Gasteiger partial charge is 0.460 e. The van der Waals surface area contributed by atoms with Crippen molar-refractivity contribution in [3.63, 3.8) is 0 Å². The van der Waals surface area contributed by atoms with E-state index in [-0.39, 0.29) is 35.0 Å². The zero-order chi connectivity index (χ0) is 17.8. The van der Waals surface area contributed by atoms with Gasteiger partial charge in [0.15, 0.2) is 0 Å². The van der Waals surface area contributed by atoms with Crippen LogP contribution < -0.4 is 0 Å². The van der Waals surface area contributed by atoms with Gasteiger partial charge in [-0.1, -0.05) is 18.2 Å². The van der Waals surface area contributed by atoms with E-state index in [1.165, 1.54) is 18.2 Å². The molecule has 1 aliphatic carbocycles. The molecule has 24 heavy (non-hydrogen) atoms. The fourth-order valence-corrected chi connectivity index (χ4v) is 3.07. The Hall–Kier alpha value is -1.86. The van der Waals surface area contributed by atoms with Gasteiger partial charge in [0.2, 0.25) is 0 Å². The molecule has 8 heteroatoms. The van der Waals surface area contributed by atoms with Crippen LogP contribution in [0.15, 0.2) is 24.3 Å². The van der Waals surface area contributed by atoms with Crippen molar-refractivity contribution >= 4 is 10.9 Å². The summed E-state index contributed by atoms with van der Waals surface area (Å²) in [7, 11) is 0. The Morgan fingerprint density at radius 1 is 0.833 bits per heavy atom. The minimum atomic E-state index is -6.36. The summed E-state index contributed by atoms with van der Waals surface area (Å²) in [4.78, 5) is 4.17.